The Hall–Kier alpha value is -2.23. The lowest BCUT2D eigenvalue weighted by Crippen LogP contribution is -2.46. The van der Waals surface area contributed by atoms with Gasteiger partial charge in [-0.15, -0.1) is 11.3 Å². The van der Waals surface area contributed by atoms with E-state index in [0.29, 0.717) is 42.6 Å². The average Bonchev–Trinajstić information content (AvgIpc) is 3.42. The molecule has 1 fully saturated rings. The van der Waals surface area contributed by atoms with Crippen LogP contribution in [0.15, 0.2) is 40.6 Å². The Balaban J connectivity index is 1.39. The first-order chi connectivity index (χ1) is 13.9. The largest absolute Gasteiger partial charge is 0.308 e. The molecule has 0 spiro atoms. The van der Waals surface area contributed by atoms with E-state index in [1.807, 2.05) is 37.3 Å². The molecule has 2 aromatic heterocycles. The lowest BCUT2D eigenvalue weighted by Gasteiger charge is -2.32. The normalized spacial score (nSPS) is 20.3. The van der Waals surface area contributed by atoms with Crippen LogP contribution in [-0.2, 0) is 21.4 Å². The molecule has 0 bridgehead atoms. The SMILES string of the molecule is Cc1ccc(S(=O)(=O)N2CCCC(C(=O)N3CCn4c3nc3ccccc34)C2)s1. The molecule has 7 nitrogen and oxygen atoms in total. The highest BCUT2D eigenvalue weighted by Gasteiger charge is 2.38. The van der Waals surface area contributed by atoms with Crippen LogP contribution in [0.2, 0.25) is 0 Å². The number of sulfonamides is 1. The number of hydrogen-bond acceptors (Lipinski definition) is 5. The van der Waals surface area contributed by atoms with Gasteiger partial charge in [0.2, 0.25) is 11.9 Å². The van der Waals surface area contributed by atoms with Crippen molar-refractivity contribution in [2.45, 2.75) is 30.5 Å². The summed E-state index contributed by atoms with van der Waals surface area (Å²) in [5, 5.41) is 0. The van der Waals surface area contributed by atoms with Gasteiger partial charge in [0.25, 0.3) is 10.0 Å². The molecular formula is C20H22N4O3S2. The minimum absolute atomic E-state index is 0.0266. The van der Waals surface area contributed by atoms with Crippen LogP contribution in [-0.4, -0.2) is 47.8 Å². The van der Waals surface area contributed by atoms with Crippen molar-refractivity contribution in [2.75, 3.05) is 24.5 Å². The van der Waals surface area contributed by atoms with Gasteiger partial charge in [-0.25, -0.2) is 13.4 Å². The molecule has 0 radical (unpaired) electrons. The van der Waals surface area contributed by atoms with Crippen LogP contribution in [0.5, 0.6) is 0 Å². The predicted molar refractivity (Wildman–Crippen MR) is 113 cm³/mol. The molecule has 3 aromatic rings. The minimum Gasteiger partial charge on any atom is -0.308 e. The zero-order valence-electron chi connectivity index (χ0n) is 16.1. The monoisotopic (exact) mass is 430 g/mol. The van der Waals surface area contributed by atoms with E-state index in [2.05, 4.69) is 9.55 Å². The van der Waals surface area contributed by atoms with E-state index in [-0.39, 0.29) is 18.4 Å². The Morgan fingerprint density at radius 2 is 1.97 bits per heavy atom. The summed E-state index contributed by atoms with van der Waals surface area (Å²) in [6, 6.07) is 11.3. The lowest BCUT2D eigenvalue weighted by molar-refractivity contribution is -0.123. The van der Waals surface area contributed by atoms with E-state index < -0.39 is 10.0 Å². The molecule has 1 aromatic carbocycles. The van der Waals surface area contributed by atoms with Crippen molar-refractivity contribution in [3.63, 3.8) is 0 Å². The third-order valence-corrected chi connectivity index (χ3v) is 9.07. The number of aryl methyl sites for hydroxylation is 1. The number of imidazole rings is 1. The zero-order chi connectivity index (χ0) is 20.2. The smallest absolute Gasteiger partial charge is 0.252 e. The quantitative estimate of drug-likeness (QED) is 0.640. The highest BCUT2D eigenvalue weighted by molar-refractivity contribution is 7.91. The second kappa shape index (κ2) is 6.93. The number of amides is 1. The molecule has 4 heterocycles. The molecule has 2 aliphatic heterocycles. The lowest BCUT2D eigenvalue weighted by atomic mass is 9.98. The first kappa shape index (κ1) is 18.8. The molecule has 1 saturated heterocycles. The van der Waals surface area contributed by atoms with Gasteiger partial charge >= 0.3 is 0 Å². The van der Waals surface area contributed by atoms with Crippen LogP contribution in [0.1, 0.15) is 17.7 Å². The van der Waals surface area contributed by atoms with Crippen LogP contribution >= 0.6 is 11.3 Å². The second-order valence-electron chi connectivity index (χ2n) is 7.61. The van der Waals surface area contributed by atoms with Gasteiger partial charge in [0.15, 0.2) is 0 Å². The Morgan fingerprint density at radius 1 is 1.14 bits per heavy atom. The van der Waals surface area contributed by atoms with Gasteiger partial charge in [0.05, 0.1) is 17.0 Å². The Bertz CT molecular complexity index is 1200. The molecule has 2 aliphatic rings. The molecule has 1 amide bonds. The highest BCUT2D eigenvalue weighted by Crippen LogP contribution is 2.32. The first-order valence-corrected chi connectivity index (χ1v) is 12.0. The van der Waals surface area contributed by atoms with Crippen LogP contribution in [0.3, 0.4) is 0 Å². The summed E-state index contributed by atoms with van der Waals surface area (Å²) in [6.45, 7) is 3.88. The third kappa shape index (κ3) is 3.08. The fraction of sp³-hybridized carbons (Fsp3) is 0.400. The summed E-state index contributed by atoms with van der Waals surface area (Å²) >= 11 is 1.28. The molecule has 0 aliphatic carbocycles. The van der Waals surface area contributed by atoms with Gasteiger partial charge in [-0.2, -0.15) is 4.31 Å². The zero-order valence-corrected chi connectivity index (χ0v) is 17.7. The molecule has 29 heavy (non-hydrogen) atoms. The summed E-state index contributed by atoms with van der Waals surface area (Å²) in [5.41, 5.74) is 1.90. The highest BCUT2D eigenvalue weighted by atomic mass is 32.2. The van der Waals surface area contributed by atoms with Crippen LogP contribution in [0.4, 0.5) is 5.95 Å². The maximum Gasteiger partial charge on any atom is 0.252 e. The molecule has 0 N–H and O–H groups in total. The number of anilines is 1. The van der Waals surface area contributed by atoms with Crippen LogP contribution in [0.25, 0.3) is 11.0 Å². The third-order valence-electron chi connectivity index (χ3n) is 5.73. The first-order valence-electron chi connectivity index (χ1n) is 9.78. The van der Waals surface area contributed by atoms with E-state index in [0.717, 1.165) is 15.9 Å². The standard InChI is InChI=1S/C20H22N4O3S2/c1-14-8-9-18(28-14)29(26,27)22-10-4-5-15(13-22)19(25)24-12-11-23-17-7-3-2-6-16(17)21-20(23)24/h2-3,6-9,15H,4-5,10-13H2,1H3. The van der Waals surface area contributed by atoms with Crippen LogP contribution in [0, 0.1) is 12.8 Å². The Labute approximate surface area is 173 Å². The summed E-state index contributed by atoms with van der Waals surface area (Å²) in [7, 11) is -3.55. The van der Waals surface area contributed by atoms with E-state index in [1.54, 1.807) is 11.0 Å². The number of piperidine rings is 1. The number of rotatable bonds is 3. The van der Waals surface area contributed by atoms with Crippen LogP contribution < -0.4 is 4.90 Å². The number of hydrogen-bond donors (Lipinski definition) is 0. The van der Waals surface area contributed by atoms with E-state index in [4.69, 9.17) is 0 Å². The number of carbonyl (C=O) groups is 1. The molecule has 9 heteroatoms. The second-order valence-corrected chi connectivity index (χ2v) is 11.1. The number of carbonyl (C=O) groups excluding carboxylic acids is 1. The Morgan fingerprint density at radius 3 is 2.76 bits per heavy atom. The van der Waals surface area contributed by atoms with Gasteiger partial charge in [-0.05, 0) is 44.0 Å². The molecule has 1 atom stereocenters. The average molecular weight is 431 g/mol. The van der Waals surface area contributed by atoms with E-state index in [9.17, 15) is 13.2 Å². The number of benzene rings is 1. The summed E-state index contributed by atoms with van der Waals surface area (Å²) < 4.78 is 29.9. The van der Waals surface area contributed by atoms with Gasteiger partial charge in [-0.1, -0.05) is 12.1 Å². The van der Waals surface area contributed by atoms with Crippen molar-refractivity contribution < 1.29 is 13.2 Å². The number of nitrogens with zero attached hydrogens (tertiary/aromatic N) is 4. The fourth-order valence-electron chi connectivity index (χ4n) is 4.26. The number of para-hydroxylation sites is 2. The Kier molecular flexibility index (Phi) is 4.49. The molecule has 0 saturated carbocycles. The maximum absolute atomic E-state index is 13.3. The van der Waals surface area contributed by atoms with E-state index in [1.165, 1.54) is 15.6 Å². The molecule has 5 rings (SSSR count). The van der Waals surface area contributed by atoms with Gasteiger partial charge in [-0.3, -0.25) is 9.69 Å². The van der Waals surface area contributed by atoms with Crippen molar-refractivity contribution in [3.05, 3.63) is 41.3 Å². The van der Waals surface area contributed by atoms with E-state index >= 15 is 0 Å². The summed E-state index contributed by atoms with van der Waals surface area (Å²) in [4.78, 5) is 20.6. The summed E-state index contributed by atoms with van der Waals surface area (Å²) in [5.74, 6) is 0.303. The van der Waals surface area contributed by atoms with Crippen molar-refractivity contribution in [3.8, 4) is 0 Å². The van der Waals surface area contributed by atoms with Gasteiger partial charge < -0.3 is 4.57 Å². The number of thiophene rings is 1. The molecule has 1 unspecified atom stereocenters. The number of aromatic nitrogens is 2. The van der Waals surface area contributed by atoms with Crippen molar-refractivity contribution in [2.24, 2.45) is 5.92 Å². The molecular weight excluding hydrogens is 408 g/mol. The number of fused-ring (bicyclic) bond motifs is 3. The van der Waals surface area contributed by atoms with Crippen molar-refractivity contribution >= 4 is 44.2 Å². The minimum atomic E-state index is -3.55. The van der Waals surface area contributed by atoms with Crippen molar-refractivity contribution in [1.82, 2.24) is 13.9 Å². The fourth-order valence-corrected chi connectivity index (χ4v) is 7.22. The van der Waals surface area contributed by atoms with Crippen molar-refractivity contribution in [1.29, 1.82) is 0 Å². The van der Waals surface area contributed by atoms with Gasteiger partial charge in [0, 0.05) is 31.1 Å². The summed E-state index contributed by atoms with van der Waals surface area (Å²) in [6.07, 6.45) is 1.38. The maximum atomic E-state index is 13.3. The molecule has 152 valence electrons. The topological polar surface area (TPSA) is 75.5 Å². The predicted octanol–water partition coefficient (Wildman–Crippen LogP) is 2.85. The van der Waals surface area contributed by atoms with Gasteiger partial charge in [0.1, 0.15) is 4.21 Å².